The molecule has 0 aliphatic heterocycles. The summed E-state index contributed by atoms with van der Waals surface area (Å²) in [5.41, 5.74) is 2.67. The van der Waals surface area contributed by atoms with Gasteiger partial charge in [0.2, 0.25) is 0 Å². The van der Waals surface area contributed by atoms with Crippen LogP contribution in [0.2, 0.25) is 0 Å². The molecule has 0 saturated heterocycles. The van der Waals surface area contributed by atoms with Crippen molar-refractivity contribution in [3.63, 3.8) is 0 Å². The summed E-state index contributed by atoms with van der Waals surface area (Å²) < 4.78 is 0. The largest absolute Gasteiger partial charge is 0.472 e. The van der Waals surface area contributed by atoms with Gasteiger partial charge in [0.15, 0.2) is 0 Å². The molecule has 0 spiro atoms. The molecule has 71 valence electrons. The molecule has 1 radical (unpaired) electrons. The summed E-state index contributed by atoms with van der Waals surface area (Å²) in [6, 6.07) is 8.59. The Hall–Kier alpha value is 0.284. The number of benzene rings is 1. The van der Waals surface area contributed by atoms with Gasteiger partial charge in [0.05, 0.1) is 0 Å². The van der Waals surface area contributed by atoms with Crippen LogP contribution in [0.5, 0.6) is 0 Å². The molecule has 0 amide bonds. The second kappa shape index (κ2) is 8.86. The van der Waals surface area contributed by atoms with Crippen LogP contribution in [0.15, 0.2) is 24.3 Å². The van der Waals surface area contributed by atoms with Crippen LogP contribution in [0.3, 0.4) is 0 Å². The van der Waals surface area contributed by atoms with Gasteiger partial charge in [-0.25, -0.2) is 0 Å². The molecule has 0 aromatic heterocycles. The van der Waals surface area contributed by atoms with Crippen LogP contribution >= 0.6 is 0 Å². The molecule has 1 aromatic carbocycles. The molecule has 2 heteroatoms. The predicted molar refractivity (Wildman–Crippen MR) is 54.7 cm³/mol. The van der Waals surface area contributed by atoms with Crippen LogP contribution in [-0.4, -0.2) is 7.05 Å². The molecule has 1 N–H and O–H groups in total. The van der Waals surface area contributed by atoms with Crippen LogP contribution in [0, 0.1) is 20.9 Å². The molecule has 0 unspecified atom stereocenters. The Labute approximate surface area is 107 Å². The van der Waals surface area contributed by atoms with Crippen molar-refractivity contribution in [2.24, 2.45) is 0 Å². The molecule has 0 aliphatic carbocycles. The van der Waals surface area contributed by atoms with E-state index in [2.05, 4.69) is 36.5 Å². The third kappa shape index (κ3) is 6.37. The minimum Gasteiger partial charge on any atom is -0.472 e. The van der Waals surface area contributed by atoms with Crippen molar-refractivity contribution in [3.8, 4) is 0 Å². The standard InChI is InChI=1S/C10H14N.CH3.Y/c1-9-3-5-10(6-4-9)7-8-11-2;;/h3-6,8,11H,7H2,1-2H3;1H3;/q2*-1;. The number of nitrogens with one attached hydrogen (secondary N) is 1. The van der Waals surface area contributed by atoms with Gasteiger partial charge >= 0.3 is 0 Å². The van der Waals surface area contributed by atoms with Gasteiger partial charge in [0.1, 0.15) is 0 Å². The van der Waals surface area contributed by atoms with Gasteiger partial charge in [0, 0.05) is 32.7 Å². The molecule has 0 aliphatic rings. The molecular formula is C11H17NY-2. The van der Waals surface area contributed by atoms with E-state index < -0.39 is 0 Å². The predicted octanol–water partition coefficient (Wildman–Crippen LogP) is 2.37. The first-order valence-electron chi connectivity index (χ1n) is 3.87. The second-order valence-electron chi connectivity index (χ2n) is 2.68. The fourth-order valence-electron chi connectivity index (χ4n) is 0.944. The van der Waals surface area contributed by atoms with Gasteiger partial charge in [-0.15, -0.1) is 6.42 Å². The third-order valence-corrected chi connectivity index (χ3v) is 1.66. The monoisotopic (exact) mass is 252 g/mol. The fourth-order valence-corrected chi connectivity index (χ4v) is 0.944. The fraction of sp³-hybridized carbons (Fsp3) is 0.273. The maximum absolute atomic E-state index is 3.01. The summed E-state index contributed by atoms with van der Waals surface area (Å²) in [7, 11) is 1.92. The van der Waals surface area contributed by atoms with E-state index in [9.17, 15) is 0 Å². The summed E-state index contributed by atoms with van der Waals surface area (Å²) in [6.45, 7) is 4.15. The van der Waals surface area contributed by atoms with Crippen molar-refractivity contribution < 1.29 is 32.7 Å². The molecule has 1 rings (SSSR count). The molecular weight excluding hydrogens is 235 g/mol. The molecule has 0 heterocycles. The Balaban J connectivity index is 0. The van der Waals surface area contributed by atoms with E-state index in [1.165, 1.54) is 11.1 Å². The Morgan fingerprint density at radius 1 is 1.23 bits per heavy atom. The summed E-state index contributed by atoms with van der Waals surface area (Å²) >= 11 is 0. The van der Waals surface area contributed by atoms with E-state index >= 15 is 0 Å². The third-order valence-electron chi connectivity index (χ3n) is 1.66. The average molecular weight is 252 g/mol. The van der Waals surface area contributed by atoms with Crippen LogP contribution < -0.4 is 5.32 Å². The molecule has 1 nitrogen and oxygen atoms in total. The average Bonchev–Trinajstić information content (AvgIpc) is 2.04. The number of aryl methyl sites for hydroxylation is 1. The summed E-state index contributed by atoms with van der Waals surface area (Å²) in [6.07, 6.45) is 0.997. The van der Waals surface area contributed by atoms with Gasteiger partial charge in [-0.05, 0) is 14.0 Å². The zero-order valence-electron chi connectivity index (χ0n) is 8.67. The van der Waals surface area contributed by atoms with E-state index in [-0.39, 0.29) is 40.1 Å². The first-order chi connectivity index (χ1) is 5.33. The number of rotatable bonds is 3. The van der Waals surface area contributed by atoms with Gasteiger partial charge in [-0.3, -0.25) is 6.54 Å². The summed E-state index contributed by atoms with van der Waals surface area (Å²) in [5, 5.41) is 3.01. The van der Waals surface area contributed by atoms with Crippen LogP contribution in [-0.2, 0) is 39.1 Å². The van der Waals surface area contributed by atoms with Crippen molar-refractivity contribution in [3.05, 3.63) is 49.4 Å². The number of hydrogen-bond donors (Lipinski definition) is 1. The summed E-state index contributed by atoms with van der Waals surface area (Å²) in [5.74, 6) is 0. The zero-order chi connectivity index (χ0) is 8.10. The van der Waals surface area contributed by atoms with Gasteiger partial charge in [-0.1, -0.05) is 35.4 Å². The minimum absolute atomic E-state index is 0. The topological polar surface area (TPSA) is 12.0 Å². The van der Waals surface area contributed by atoms with E-state index in [4.69, 9.17) is 0 Å². The van der Waals surface area contributed by atoms with E-state index in [1.807, 2.05) is 13.6 Å². The SMILES string of the molecule is CN[CH-]Cc1ccc(C)cc1.[CH3-].[Y]. The van der Waals surface area contributed by atoms with E-state index in [0.717, 1.165) is 6.42 Å². The molecule has 0 bridgehead atoms. The number of likely N-dealkylation sites (N-methyl/N-ethyl adjacent to an activating group) is 1. The molecule has 1 aromatic rings. The molecule has 0 saturated carbocycles. The summed E-state index contributed by atoms with van der Waals surface area (Å²) in [4.78, 5) is 0. The Bertz CT molecular complexity index is 206. The quantitative estimate of drug-likeness (QED) is 0.814. The Morgan fingerprint density at radius 3 is 2.23 bits per heavy atom. The van der Waals surface area contributed by atoms with Crippen molar-refractivity contribution in [1.29, 1.82) is 0 Å². The Kier molecular flexibility index (Phi) is 10.7. The zero-order valence-corrected chi connectivity index (χ0v) is 11.5. The maximum Gasteiger partial charge on any atom is 0 e. The van der Waals surface area contributed by atoms with Crippen molar-refractivity contribution in [2.75, 3.05) is 7.05 Å². The van der Waals surface area contributed by atoms with Gasteiger partial charge in [-0.2, -0.15) is 0 Å². The molecule has 0 atom stereocenters. The van der Waals surface area contributed by atoms with Gasteiger partial charge in [0.25, 0.3) is 0 Å². The van der Waals surface area contributed by atoms with Gasteiger partial charge < -0.3 is 12.7 Å². The number of hydrogen-bond acceptors (Lipinski definition) is 1. The van der Waals surface area contributed by atoms with Crippen LogP contribution in [0.4, 0.5) is 0 Å². The van der Waals surface area contributed by atoms with Crippen molar-refractivity contribution in [2.45, 2.75) is 13.3 Å². The first-order valence-corrected chi connectivity index (χ1v) is 3.87. The maximum atomic E-state index is 3.01. The van der Waals surface area contributed by atoms with E-state index in [0.29, 0.717) is 0 Å². The van der Waals surface area contributed by atoms with E-state index in [1.54, 1.807) is 0 Å². The minimum atomic E-state index is 0. The van der Waals surface area contributed by atoms with Crippen LogP contribution in [0.25, 0.3) is 0 Å². The second-order valence-corrected chi connectivity index (χ2v) is 2.68. The normalized spacial score (nSPS) is 8.46. The van der Waals surface area contributed by atoms with Crippen molar-refractivity contribution >= 4 is 0 Å². The van der Waals surface area contributed by atoms with Crippen LogP contribution in [0.1, 0.15) is 11.1 Å². The smallest absolute Gasteiger partial charge is 0 e. The first kappa shape index (κ1) is 15.7. The Morgan fingerprint density at radius 2 is 1.77 bits per heavy atom. The molecule has 0 fully saturated rings. The van der Waals surface area contributed by atoms with Crippen molar-refractivity contribution in [1.82, 2.24) is 5.32 Å². The molecule has 13 heavy (non-hydrogen) atoms.